The Labute approximate surface area is 216 Å². The fourth-order valence-electron chi connectivity index (χ4n) is 3.30. The van der Waals surface area contributed by atoms with E-state index in [1.807, 2.05) is 45.0 Å². The quantitative estimate of drug-likeness (QED) is 0.156. The fourth-order valence-corrected chi connectivity index (χ4v) is 3.30. The van der Waals surface area contributed by atoms with Gasteiger partial charge in [-0.2, -0.15) is 0 Å². The maximum atomic E-state index is 13.5. The molecule has 0 fully saturated rings. The summed E-state index contributed by atoms with van der Waals surface area (Å²) in [4.78, 5) is 13.5. The Hall–Kier alpha value is -3.15. The zero-order valence-corrected chi connectivity index (χ0v) is 22.6. The van der Waals surface area contributed by atoms with Crippen molar-refractivity contribution in [1.82, 2.24) is 0 Å². The second-order valence-electron chi connectivity index (χ2n) is 8.44. The molecule has 0 amide bonds. The number of carbonyl (C=O) groups excluding carboxylic acids is 1. The predicted octanol–water partition coefficient (Wildman–Crippen LogP) is 7.53. The van der Waals surface area contributed by atoms with Gasteiger partial charge in [0.1, 0.15) is 17.2 Å². The van der Waals surface area contributed by atoms with Crippen molar-refractivity contribution in [2.24, 2.45) is 0 Å². The SMILES string of the molecule is CCCOc1ccc(OCCC)c(/C=C/C(=O)c2cc(OCCC)cc(OCCC)c2OCCC)c1. The van der Waals surface area contributed by atoms with E-state index in [9.17, 15) is 4.79 Å². The van der Waals surface area contributed by atoms with Gasteiger partial charge in [-0.1, -0.05) is 34.6 Å². The summed E-state index contributed by atoms with van der Waals surface area (Å²) in [5.41, 5.74) is 1.19. The molecule has 6 nitrogen and oxygen atoms in total. The normalized spacial score (nSPS) is 10.9. The van der Waals surface area contributed by atoms with Crippen LogP contribution in [-0.2, 0) is 0 Å². The first-order valence-corrected chi connectivity index (χ1v) is 13.3. The number of ether oxygens (including phenoxy) is 5. The van der Waals surface area contributed by atoms with Crippen molar-refractivity contribution < 1.29 is 28.5 Å². The minimum absolute atomic E-state index is 0.203. The van der Waals surface area contributed by atoms with Crippen molar-refractivity contribution in [3.8, 4) is 28.7 Å². The lowest BCUT2D eigenvalue weighted by atomic mass is 10.1. The maximum absolute atomic E-state index is 13.5. The van der Waals surface area contributed by atoms with Crippen LogP contribution in [-0.4, -0.2) is 38.8 Å². The molecule has 6 heteroatoms. The fraction of sp³-hybridized carbons (Fsp3) is 0.500. The monoisotopic (exact) mass is 498 g/mol. The van der Waals surface area contributed by atoms with E-state index < -0.39 is 0 Å². The Morgan fingerprint density at radius 1 is 0.639 bits per heavy atom. The van der Waals surface area contributed by atoms with E-state index in [1.54, 1.807) is 18.2 Å². The minimum Gasteiger partial charge on any atom is -0.494 e. The van der Waals surface area contributed by atoms with Gasteiger partial charge in [-0.05, 0) is 68.5 Å². The number of hydrogen-bond donors (Lipinski definition) is 0. The molecular formula is C30H42O6. The highest BCUT2D eigenvalue weighted by Gasteiger charge is 2.19. The lowest BCUT2D eigenvalue weighted by molar-refractivity contribution is 0.104. The minimum atomic E-state index is -0.203. The van der Waals surface area contributed by atoms with Gasteiger partial charge in [0.25, 0.3) is 0 Å². The summed E-state index contributed by atoms with van der Waals surface area (Å²) in [5.74, 6) is 2.81. The Morgan fingerprint density at radius 2 is 1.19 bits per heavy atom. The molecule has 0 heterocycles. The van der Waals surface area contributed by atoms with Crippen LogP contribution in [0, 0.1) is 0 Å². The van der Waals surface area contributed by atoms with Crippen LogP contribution >= 0.6 is 0 Å². The molecular weight excluding hydrogens is 456 g/mol. The van der Waals surface area contributed by atoms with Crippen molar-refractivity contribution in [3.05, 3.63) is 47.5 Å². The molecule has 198 valence electrons. The van der Waals surface area contributed by atoms with Crippen LogP contribution in [0.15, 0.2) is 36.4 Å². The van der Waals surface area contributed by atoms with Crippen LogP contribution in [0.4, 0.5) is 0 Å². The van der Waals surface area contributed by atoms with Crippen LogP contribution in [0.25, 0.3) is 6.08 Å². The molecule has 2 rings (SSSR count). The van der Waals surface area contributed by atoms with E-state index in [2.05, 4.69) is 13.8 Å². The summed E-state index contributed by atoms with van der Waals surface area (Å²) < 4.78 is 29.5. The zero-order chi connectivity index (χ0) is 26.2. The van der Waals surface area contributed by atoms with Gasteiger partial charge >= 0.3 is 0 Å². The first-order chi connectivity index (χ1) is 17.6. The smallest absolute Gasteiger partial charge is 0.189 e. The van der Waals surface area contributed by atoms with Crippen molar-refractivity contribution >= 4 is 11.9 Å². The topological polar surface area (TPSA) is 63.2 Å². The molecule has 0 aromatic heterocycles. The summed E-state index contributed by atoms with van der Waals surface area (Å²) in [7, 11) is 0. The first-order valence-electron chi connectivity index (χ1n) is 13.3. The van der Waals surface area contributed by atoms with Crippen LogP contribution in [0.5, 0.6) is 28.7 Å². The van der Waals surface area contributed by atoms with Crippen molar-refractivity contribution in [2.45, 2.75) is 66.7 Å². The second kappa shape index (κ2) is 16.5. The Bertz CT molecular complexity index is 966. The molecule has 0 aliphatic rings. The largest absolute Gasteiger partial charge is 0.494 e. The predicted molar refractivity (Wildman–Crippen MR) is 145 cm³/mol. The third-order valence-electron chi connectivity index (χ3n) is 5.01. The number of hydrogen-bond acceptors (Lipinski definition) is 6. The third kappa shape index (κ3) is 9.14. The van der Waals surface area contributed by atoms with Gasteiger partial charge in [-0.15, -0.1) is 0 Å². The van der Waals surface area contributed by atoms with E-state index in [0.29, 0.717) is 61.6 Å². The Balaban J connectivity index is 2.46. The molecule has 36 heavy (non-hydrogen) atoms. The summed E-state index contributed by atoms with van der Waals surface area (Å²) in [6, 6.07) is 9.22. The average molecular weight is 499 g/mol. The number of allylic oxidation sites excluding steroid dienone is 1. The van der Waals surface area contributed by atoms with Gasteiger partial charge in [-0.25, -0.2) is 0 Å². The van der Waals surface area contributed by atoms with E-state index in [1.165, 1.54) is 0 Å². The standard InChI is InChI=1S/C30H42O6/c1-6-15-32-24-12-14-28(34-17-8-3)23(20-24)11-13-27(31)26-21-25(33-16-7-2)22-29(35-18-9-4)30(26)36-19-10-5/h11-14,20-22H,6-10,15-19H2,1-5H3/b13-11+. The second-order valence-corrected chi connectivity index (χ2v) is 8.44. The highest BCUT2D eigenvalue weighted by atomic mass is 16.5. The number of ketones is 1. The molecule has 0 atom stereocenters. The van der Waals surface area contributed by atoms with Gasteiger partial charge < -0.3 is 23.7 Å². The van der Waals surface area contributed by atoms with Gasteiger partial charge in [0, 0.05) is 11.6 Å². The maximum Gasteiger partial charge on any atom is 0.189 e. The molecule has 0 bridgehead atoms. The Morgan fingerprint density at radius 3 is 1.83 bits per heavy atom. The van der Waals surface area contributed by atoms with Crippen LogP contribution in [0.2, 0.25) is 0 Å². The van der Waals surface area contributed by atoms with Crippen LogP contribution in [0.1, 0.15) is 82.6 Å². The summed E-state index contributed by atoms with van der Waals surface area (Å²) in [5, 5.41) is 0. The molecule has 0 saturated heterocycles. The van der Waals surface area contributed by atoms with Crippen LogP contribution in [0.3, 0.4) is 0 Å². The van der Waals surface area contributed by atoms with Crippen LogP contribution < -0.4 is 23.7 Å². The van der Waals surface area contributed by atoms with Crippen molar-refractivity contribution in [3.63, 3.8) is 0 Å². The Kier molecular flexibility index (Phi) is 13.3. The van der Waals surface area contributed by atoms with Gasteiger partial charge in [0.05, 0.1) is 38.6 Å². The number of benzene rings is 2. The zero-order valence-electron chi connectivity index (χ0n) is 22.6. The van der Waals surface area contributed by atoms with E-state index >= 15 is 0 Å². The summed E-state index contributed by atoms with van der Waals surface area (Å²) in [6.45, 7) is 13.0. The molecule has 2 aromatic rings. The van der Waals surface area contributed by atoms with E-state index in [0.717, 1.165) is 43.4 Å². The van der Waals surface area contributed by atoms with E-state index in [-0.39, 0.29) is 5.78 Å². The van der Waals surface area contributed by atoms with E-state index in [4.69, 9.17) is 23.7 Å². The molecule has 0 radical (unpaired) electrons. The third-order valence-corrected chi connectivity index (χ3v) is 5.01. The van der Waals surface area contributed by atoms with Gasteiger partial charge in [0.15, 0.2) is 17.3 Å². The number of rotatable bonds is 18. The van der Waals surface area contributed by atoms with Crippen molar-refractivity contribution in [2.75, 3.05) is 33.0 Å². The lowest BCUT2D eigenvalue weighted by Gasteiger charge is -2.17. The molecule has 0 aliphatic heterocycles. The summed E-state index contributed by atoms with van der Waals surface area (Å²) in [6.07, 6.45) is 7.62. The highest BCUT2D eigenvalue weighted by molar-refractivity contribution is 6.09. The van der Waals surface area contributed by atoms with Crippen molar-refractivity contribution in [1.29, 1.82) is 0 Å². The molecule has 0 spiro atoms. The highest BCUT2D eigenvalue weighted by Crippen LogP contribution is 2.37. The average Bonchev–Trinajstić information content (AvgIpc) is 2.90. The molecule has 0 saturated carbocycles. The molecule has 0 aliphatic carbocycles. The molecule has 2 aromatic carbocycles. The van der Waals surface area contributed by atoms with Gasteiger partial charge in [0.2, 0.25) is 0 Å². The lowest BCUT2D eigenvalue weighted by Crippen LogP contribution is -2.08. The number of carbonyl (C=O) groups is 1. The first kappa shape index (κ1) is 29.1. The summed E-state index contributed by atoms with van der Waals surface area (Å²) >= 11 is 0. The van der Waals surface area contributed by atoms with Gasteiger partial charge in [-0.3, -0.25) is 4.79 Å². The molecule has 0 unspecified atom stereocenters. The molecule has 0 N–H and O–H groups in total.